The summed E-state index contributed by atoms with van der Waals surface area (Å²) in [7, 11) is 1.33. The first-order valence-corrected chi connectivity index (χ1v) is 5.68. The van der Waals surface area contributed by atoms with Gasteiger partial charge in [0.05, 0.1) is 13.0 Å². The van der Waals surface area contributed by atoms with Crippen LogP contribution in [0.15, 0.2) is 23.0 Å². The van der Waals surface area contributed by atoms with Crippen LogP contribution in [0.5, 0.6) is 0 Å². The molecule has 96 valence electrons. The van der Waals surface area contributed by atoms with Crippen LogP contribution in [0.4, 0.5) is 0 Å². The maximum atomic E-state index is 12.1. The largest absolute Gasteiger partial charge is 0.469 e. The number of pyridine rings is 1. The number of likely N-dealkylation sites (tertiary alicyclic amines) is 1. The van der Waals surface area contributed by atoms with Crippen LogP contribution in [-0.2, 0) is 9.53 Å². The number of hydrogen-bond donors (Lipinski definition) is 1. The zero-order chi connectivity index (χ0) is 13.1. The second kappa shape index (κ2) is 5.03. The molecule has 1 atom stereocenters. The van der Waals surface area contributed by atoms with Gasteiger partial charge in [-0.1, -0.05) is 6.07 Å². The highest BCUT2D eigenvalue weighted by Gasteiger charge is 2.32. The van der Waals surface area contributed by atoms with Crippen molar-refractivity contribution < 1.29 is 14.3 Å². The van der Waals surface area contributed by atoms with E-state index in [0.29, 0.717) is 19.5 Å². The van der Waals surface area contributed by atoms with Crippen LogP contribution in [0.2, 0.25) is 0 Å². The molecule has 1 aromatic heterocycles. The van der Waals surface area contributed by atoms with E-state index in [4.69, 9.17) is 0 Å². The highest BCUT2D eigenvalue weighted by molar-refractivity contribution is 5.92. The molecule has 0 aromatic carbocycles. The Bertz CT molecular complexity index is 523. The summed E-state index contributed by atoms with van der Waals surface area (Å²) in [6.07, 6.45) is 0.593. The Morgan fingerprint density at radius 1 is 1.44 bits per heavy atom. The van der Waals surface area contributed by atoms with Crippen molar-refractivity contribution in [3.8, 4) is 0 Å². The first kappa shape index (κ1) is 12.3. The zero-order valence-electron chi connectivity index (χ0n) is 10.0. The Labute approximate surface area is 104 Å². The normalized spacial score (nSPS) is 18.7. The minimum absolute atomic E-state index is 0.244. The van der Waals surface area contributed by atoms with Gasteiger partial charge in [-0.25, -0.2) is 0 Å². The Balaban J connectivity index is 2.08. The molecule has 0 saturated carbocycles. The number of nitrogens with one attached hydrogen (secondary N) is 1. The number of esters is 1. The molecule has 0 spiro atoms. The van der Waals surface area contributed by atoms with Crippen LogP contribution in [0.25, 0.3) is 0 Å². The van der Waals surface area contributed by atoms with Crippen LogP contribution in [0.1, 0.15) is 16.9 Å². The van der Waals surface area contributed by atoms with Crippen LogP contribution in [-0.4, -0.2) is 42.0 Å². The fourth-order valence-electron chi connectivity index (χ4n) is 2.05. The zero-order valence-corrected chi connectivity index (χ0v) is 10.0. The molecule has 0 bridgehead atoms. The van der Waals surface area contributed by atoms with Gasteiger partial charge in [0.25, 0.3) is 5.91 Å². The quantitative estimate of drug-likeness (QED) is 0.750. The maximum absolute atomic E-state index is 12.1. The van der Waals surface area contributed by atoms with E-state index in [9.17, 15) is 14.4 Å². The van der Waals surface area contributed by atoms with E-state index in [1.807, 2.05) is 0 Å². The highest BCUT2D eigenvalue weighted by atomic mass is 16.5. The van der Waals surface area contributed by atoms with E-state index in [0.717, 1.165) is 0 Å². The fourth-order valence-corrected chi connectivity index (χ4v) is 2.05. The third-order valence-corrected chi connectivity index (χ3v) is 3.01. The predicted molar refractivity (Wildman–Crippen MR) is 63.1 cm³/mol. The van der Waals surface area contributed by atoms with Crippen molar-refractivity contribution in [1.29, 1.82) is 0 Å². The van der Waals surface area contributed by atoms with Gasteiger partial charge in [-0.05, 0) is 12.5 Å². The predicted octanol–water partition coefficient (Wildman–Crippen LogP) is 0.01000. The first-order valence-electron chi connectivity index (χ1n) is 5.68. The van der Waals surface area contributed by atoms with Crippen molar-refractivity contribution in [3.05, 3.63) is 34.2 Å². The SMILES string of the molecule is COC(=O)C1CCN(C(=O)c2cccc(=O)[nH]2)C1. The number of hydrogen-bond acceptors (Lipinski definition) is 4. The van der Waals surface area contributed by atoms with E-state index in [-0.39, 0.29) is 29.0 Å². The van der Waals surface area contributed by atoms with Gasteiger partial charge in [0.15, 0.2) is 0 Å². The summed E-state index contributed by atoms with van der Waals surface area (Å²) >= 11 is 0. The average molecular weight is 250 g/mol. The van der Waals surface area contributed by atoms with Crippen molar-refractivity contribution in [2.75, 3.05) is 20.2 Å². The second-order valence-electron chi connectivity index (χ2n) is 4.19. The smallest absolute Gasteiger partial charge is 0.310 e. The minimum atomic E-state index is -0.315. The van der Waals surface area contributed by atoms with Gasteiger partial charge in [-0.3, -0.25) is 14.4 Å². The lowest BCUT2D eigenvalue weighted by molar-refractivity contribution is -0.144. The van der Waals surface area contributed by atoms with E-state index < -0.39 is 0 Å². The Morgan fingerprint density at radius 2 is 2.22 bits per heavy atom. The van der Waals surface area contributed by atoms with Crippen molar-refractivity contribution in [1.82, 2.24) is 9.88 Å². The molecule has 6 heteroatoms. The number of nitrogens with zero attached hydrogens (tertiary/aromatic N) is 1. The molecular formula is C12H14N2O4. The maximum Gasteiger partial charge on any atom is 0.310 e. The van der Waals surface area contributed by atoms with Gasteiger partial charge in [0, 0.05) is 19.2 Å². The van der Waals surface area contributed by atoms with Gasteiger partial charge in [-0.15, -0.1) is 0 Å². The van der Waals surface area contributed by atoms with Crippen molar-refractivity contribution >= 4 is 11.9 Å². The molecule has 1 unspecified atom stereocenters. The Kier molecular flexibility index (Phi) is 3.45. The number of carbonyl (C=O) groups excluding carboxylic acids is 2. The summed E-state index contributed by atoms with van der Waals surface area (Å²) in [5.41, 5.74) is -0.0717. The molecular weight excluding hydrogens is 236 g/mol. The number of rotatable bonds is 2. The van der Waals surface area contributed by atoms with Crippen LogP contribution in [0.3, 0.4) is 0 Å². The van der Waals surface area contributed by atoms with Gasteiger partial charge < -0.3 is 14.6 Å². The summed E-state index contributed by atoms with van der Waals surface area (Å²) in [5, 5.41) is 0. The lowest BCUT2D eigenvalue weighted by Gasteiger charge is -2.15. The summed E-state index contributed by atoms with van der Waals surface area (Å²) in [5.74, 6) is -0.833. The molecule has 2 rings (SSSR count). The number of amides is 1. The topological polar surface area (TPSA) is 79.5 Å². The van der Waals surface area contributed by atoms with Crippen LogP contribution < -0.4 is 5.56 Å². The molecule has 0 radical (unpaired) electrons. The standard InChI is InChI=1S/C12H14N2O4/c1-18-12(17)8-5-6-14(7-8)11(16)9-3-2-4-10(15)13-9/h2-4,8H,5-7H2,1H3,(H,13,15). The Morgan fingerprint density at radius 3 is 2.89 bits per heavy atom. The number of ether oxygens (including phenoxy) is 1. The van der Waals surface area contributed by atoms with Gasteiger partial charge >= 0.3 is 5.97 Å². The Hall–Kier alpha value is -2.11. The molecule has 2 heterocycles. The first-order chi connectivity index (χ1) is 8.61. The van der Waals surface area contributed by atoms with E-state index in [1.54, 1.807) is 11.0 Å². The van der Waals surface area contributed by atoms with E-state index >= 15 is 0 Å². The third kappa shape index (κ3) is 2.42. The summed E-state index contributed by atoms with van der Waals surface area (Å²) in [6, 6.07) is 4.42. The monoisotopic (exact) mass is 250 g/mol. The van der Waals surface area contributed by atoms with Crippen molar-refractivity contribution in [3.63, 3.8) is 0 Å². The summed E-state index contributed by atoms with van der Waals surface area (Å²) < 4.78 is 4.65. The molecule has 1 aromatic rings. The van der Waals surface area contributed by atoms with Gasteiger partial charge in [0.1, 0.15) is 5.69 Å². The average Bonchev–Trinajstić information content (AvgIpc) is 2.86. The number of aromatic amines is 1. The van der Waals surface area contributed by atoms with Crippen LogP contribution in [0, 0.1) is 5.92 Å². The molecule has 1 amide bonds. The number of H-pyrrole nitrogens is 1. The highest BCUT2D eigenvalue weighted by Crippen LogP contribution is 2.18. The molecule has 0 aliphatic carbocycles. The van der Waals surface area contributed by atoms with Crippen molar-refractivity contribution in [2.24, 2.45) is 5.92 Å². The molecule has 1 aliphatic heterocycles. The van der Waals surface area contributed by atoms with E-state index in [2.05, 4.69) is 9.72 Å². The van der Waals surface area contributed by atoms with Crippen LogP contribution >= 0.6 is 0 Å². The summed E-state index contributed by atoms with van der Waals surface area (Å²) in [4.78, 5) is 38.6. The third-order valence-electron chi connectivity index (χ3n) is 3.01. The van der Waals surface area contributed by atoms with E-state index in [1.165, 1.54) is 19.2 Å². The molecule has 18 heavy (non-hydrogen) atoms. The molecule has 1 saturated heterocycles. The number of aromatic nitrogens is 1. The fraction of sp³-hybridized carbons (Fsp3) is 0.417. The molecule has 1 fully saturated rings. The number of carbonyl (C=O) groups is 2. The van der Waals surface area contributed by atoms with Gasteiger partial charge in [0.2, 0.25) is 5.56 Å². The number of methoxy groups -OCH3 is 1. The lowest BCUT2D eigenvalue weighted by atomic mass is 10.1. The van der Waals surface area contributed by atoms with Crippen molar-refractivity contribution in [2.45, 2.75) is 6.42 Å². The second-order valence-corrected chi connectivity index (χ2v) is 4.19. The van der Waals surface area contributed by atoms with Gasteiger partial charge in [-0.2, -0.15) is 0 Å². The summed E-state index contributed by atoms with van der Waals surface area (Å²) in [6.45, 7) is 0.831. The minimum Gasteiger partial charge on any atom is -0.469 e. The molecule has 1 aliphatic rings. The molecule has 1 N–H and O–H groups in total. The molecule has 6 nitrogen and oxygen atoms in total. The lowest BCUT2D eigenvalue weighted by Crippen LogP contribution is -2.31.